The molecule has 1 aliphatic heterocycles. The highest BCUT2D eigenvalue weighted by Gasteiger charge is 2.17. The molecule has 0 spiro atoms. The van der Waals surface area contributed by atoms with Crippen LogP contribution in [0, 0.1) is 5.82 Å². The van der Waals surface area contributed by atoms with Crippen LogP contribution in [-0.2, 0) is 11.2 Å². The molecule has 3 rings (SSSR count). The second kappa shape index (κ2) is 10.1. The summed E-state index contributed by atoms with van der Waals surface area (Å²) in [7, 11) is 0. The molecule has 0 saturated heterocycles. The molecule has 0 aromatic heterocycles. The van der Waals surface area contributed by atoms with Crippen LogP contribution in [0.1, 0.15) is 31.7 Å². The van der Waals surface area contributed by atoms with E-state index >= 15 is 0 Å². The topological polar surface area (TPSA) is 35.6 Å². The van der Waals surface area contributed by atoms with E-state index in [1.807, 2.05) is 24.0 Å². The van der Waals surface area contributed by atoms with Crippen LogP contribution < -0.4 is 15.1 Å². The van der Waals surface area contributed by atoms with Gasteiger partial charge in [-0.15, -0.1) is 0 Å². The summed E-state index contributed by atoms with van der Waals surface area (Å²) in [6, 6.07) is 15.2. The van der Waals surface area contributed by atoms with E-state index in [4.69, 9.17) is 0 Å². The second-order valence-electron chi connectivity index (χ2n) is 7.24. The van der Waals surface area contributed by atoms with Crippen LogP contribution >= 0.6 is 0 Å². The van der Waals surface area contributed by atoms with E-state index in [1.165, 1.54) is 17.3 Å². The fourth-order valence-corrected chi connectivity index (χ4v) is 3.82. The van der Waals surface area contributed by atoms with Crippen molar-refractivity contribution in [1.82, 2.24) is 5.32 Å². The van der Waals surface area contributed by atoms with Crippen molar-refractivity contribution in [3.05, 3.63) is 59.9 Å². The number of rotatable bonds is 8. The van der Waals surface area contributed by atoms with Gasteiger partial charge in [0.05, 0.1) is 12.2 Å². The van der Waals surface area contributed by atoms with Crippen LogP contribution in [-0.4, -0.2) is 38.6 Å². The van der Waals surface area contributed by atoms with Crippen LogP contribution in [0.15, 0.2) is 48.5 Å². The first-order chi connectivity index (χ1) is 13.7. The number of amides is 1. The molecule has 1 N–H and O–H groups in total. The lowest BCUT2D eigenvalue weighted by molar-refractivity contribution is -0.119. The smallest absolute Gasteiger partial charge is 0.239 e. The first-order valence-corrected chi connectivity index (χ1v) is 10.3. The average molecular weight is 384 g/mol. The molecule has 5 heteroatoms. The first-order valence-electron chi connectivity index (χ1n) is 10.3. The minimum atomic E-state index is -0.201. The van der Waals surface area contributed by atoms with Crippen LogP contribution in [0.2, 0.25) is 0 Å². The molecule has 1 aliphatic rings. The van der Waals surface area contributed by atoms with Gasteiger partial charge >= 0.3 is 0 Å². The summed E-state index contributed by atoms with van der Waals surface area (Å²) in [6.45, 7) is 5.37. The van der Waals surface area contributed by atoms with E-state index < -0.39 is 0 Å². The Bertz CT molecular complexity index is 780. The Morgan fingerprint density at radius 1 is 1.14 bits per heavy atom. The number of hydrogen-bond acceptors (Lipinski definition) is 3. The number of halogens is 1. The number of aryl methyl sites for hydroxylation is 1. The number of carbonyl (C=O) groups is 1. The minimum Gasteiger partial charge on any atom is -0.369 e. The van der Waals surface area contributed by atoms with Gasteiger partial charge in [-0.1, -0.05) is 30.3 Å². The van der Waals surface area contributed by atoms with Gasteiger partial charge in [0.1, 0.15) is 5.82 Å². The third kappa shape index (κ3) is 5.24. The zero-order chi connectivity index (χ0) is 19.8. The zero-order valence-electron chi connectivity index (χ0n) is 16.7. The second-order valence-corrected chi connectivity index (χ2v) is 7.24. The van der Waals surface area contributed by atoms with Crippen LogP contribution in [0.4, 0.5) is 15.8 Å². The molecular weight excluding hydrogens is 353 g/mol. The molecule has 0 aliphatic carbocycles. The predicted molar refractivity (Wildman–Crippen MR) is 114 cm³/mol. The van der Waals surface area contributed by atoms with Crippen molar-refractivity contribution in [1.29, 1.82) is 0 Å². The van der Waals surface area contributed by atoms with Gasteiger partial charge in [0, 0.05) is 31.9 Å². The van der Waals surface area contributed by atoms with Crippen LogP contribution in [0.25, 0.3) is 0 Å². The highest BCUT2D eigenvalue weighted by atomic mass is 19.1. The third-order valence-electron chi connectivity index (χ3n) is 5.29. The van der Waals surface area contributed by atoms with E-state index in [9.17, 15) is 9.18 Å². The number of benzene rings is 2. The standard InChI is InChI=1S/C23H30FN3O/c1-2-26(22-14-6-4-12-20(22)24)17-9-15-25-23(28)18-27-16-8-7-11-19-10-3-5-13-21(19)27/h3-6,10,12-14H,2,7-9,11,15-18H2,1H3,(H,25,28). The van der Waals surface area contributed by atoms with E-state index in [0.717, 1.165) is 38.8 Å². The van der Waals surface area contributed by atoms with Gasteiger partial charge in [-0.25, -0.2) is 4.39 Å². The van der Waals surface area contributed by atoms with E-state index in [1.54, 1.807) is 12.1 Å². The van der Waals surface area contributed by atoms with Gasteiger partial charge in [0.2, 0.25) is 5.91 Å². The molecule has 28 heavy (non-hydrogen) atoms. The third-order valence-corrected chi connectivity index (χ3v) is 5.29. The van der Waals surface area contributed by atoms with Crippen molar-refractivity contribution in [3.63, 3.8) is 0 Å². The summed E-state index contributed by atoms with van der Waals surface area (Å²) in [6.07, 6.45) is 4.13. The molecule has 0 unspecified atom stereocenters. The maximum Gasteiger partial charge on any atom is 0.239 e. The fourth-order valence-electron chi connectivity index (χ4n) is 3.82. The van der Waals surface area contributed by atoms with Crippen molar-refractivity contribution in [2.45, 2.75) is 32.6 Å². The minimum absolute atomic E-state index is 0.0469. The Morgan fingerprint density at radius 3 is 2.75 bits per heavy atom. The molecule has 0 atom stereocenters. The highest BCUT2D eigenvalue weighted by molar-refractivity contribution is 5.81. The van der Waals surface area contributed by atoms with Crippen molar-refractivity contribution in [3.8, 4) is 0 Å². The summed E-state index contributed by atoms with van der Waals surface area (Å²) >= 11 is 0. The molecular formula is C23H30FN3O. The van der Waals surface area contributed by atoms with Gasteiger partial charge in [-0.3, -0.25) is 4.79 Å². The van der Waals surface area contributed by atoms with Crippen molar-refractivity contribution in [2.24, 2.45) is 0 Å². The van der Waals surface area contributed by atoms with E-state index in [0.29, 0.717) is 25.3 Å². The highest BCUT2D eigenvalue weighted by Crippen LogP contribution is 2.25. The molecule has 0 bridgehead atoms. The number of hydrogen-bond donors (Lipinski definition) is 1. The van der Waals surface area contributed by atoms with Crippen LogP contribution in [0.3, 0.4) is 0 Å². The Balaban J connectivity index is 1.47. The molecule has 0 saturated carbocycles. The summed E-state index contributed by atoms with van der Waals surface area (Å²) in [5.74, 6) is -0.154. The van der Waals surface area contributed by atoms with Crippen molar-refractivity contribution >= 4 is 17.3 Å². The largest absolute Gasteiger partial charge is 0.369 e. The summed E-state index contributed by atoms with van der Waals surface area (Å²) < 4.78 is 14.0. The monoisotopic (exact) mass is 383 g/mol. The Kier molecular flexibility index (Phi) is 7.29. The first kappa shape index (κ1) is 20.2. The quantitative estimate of drug-likeness (QED) is 0.700. The molecule has 0 radical (unpaired) electrons. The van der Waals surface area contributed by atoms with Gasteiger partial charge in [-0.05, 0) is 56.4 Å². The molecule has 1 heterocycles. The van der Waals surface area contributed by atoms with Gasteiger partial charge in [0.25, 0.3) is 0 Å². The van der Waals surface area contributed by atoms with Crippen LogP contribution in [0.5, 0.6) is 0 Å². The number of anilines is 2. The molecule has 0 fully saturated rings. The van der Waals surface area contributed by atoms with E-state index in [2.05, 4.69) is 28.4 Å². The Morgan fingerprint density at radius 2 is 1.93 bits per heavy atom. The molecule has 1 amide bonds. The number of nitrogens with zero attached hydrogens (tertiary/aromatic N) is 2. The summed E-state index contributed by atoms with van der Waals surface area (Å²) in [5.41, 5.74) is 3.14. The summed E-state index contributed by atoms with van der Waals surface area (Å²) in [5, 5.41) is 3.03. The number of carbonyl (C=O) groups excluding carboxylic acids is 1. The fraction of sp³-hybridized carbons (Fsp3) is 0.435. The Hall–Kier alpha value is -2.56. The number of para-hydroxylation sites is 2. The molecule has 2 aromatic carbocycles. The zero-order valence-corrected chi connectivity index (χ0v) is 16.7. The summed E-state index contributed by atoms with van der Waals surface area (Å²) in [4.78, 5) is 16.6. The lowest BCUT2D eigenvalue weighted by Crippen LogP contribution is -2.39. The van der Waals surface area contributed by atoms with Crippen molar-refractivity contribution in [2.75, 3.05) is 42.5 Å². The maximum absolute atomic E-state index is 14.0. The SMILES string of the molecule is CCN(CCCNC(=O)CN1CCCCc2ccccc21)c1ccccc1F. The number of nitrogens with one attached hydrogen (secondary N) is 1. The van der Waals surface area contributed by atoms with E-state index in [-0.39, 0.29) is 11.7 Å². The predicted octanol–water partition coefficient (Wildman–Crippen LogP) is 4.00. The van der Waals surface area contributed by atoms with Gasteiger partial charge < -0.3 is 15.1 Å². The molecule has 2 aromatic rings. The lowest BCUT2D eigenvalue weighted by atomic mass is 10.1. The number of fused-ring (bicyclic) bond motifs is 1. The Labute approximate surface area is 167 Å². The molecule has 4 nitrogen and oxygen atoms in total. The maximum atomic E-state index is 14.0. The van der Waals surface area contributed by atoms with Gasteiger partial charge in [0.15, 0.2) is 0 Å². The lowest BCUT2D eigenvalue weighted by Gasteiger charge is -2.25. The average Bonchev–Trinajstić information content (AvgIpc) is 2.91. The van der Waals surface area contributed by atoms with Crippen molar-refractivity contribution < 1.29 is 9.18 Å². The molecule has 150 valence electrons. The normalized spacial score (nSPS) is 13.6. The van der Waals surface area contributed by atoms with Gasteiger partial charge in [-0.2, -0.15) is 0 Å².